The SMILES string of the molecule is Cc1cc(-c2nn(C)cc2CNCC(C)C)ccc1F. The number of benzene rings is 1. The first-order chi connectivity index (χ1) is 9.47. The van der Waals surface area contributed by atoms with E-state index in [0.29, 0.717) is 11.5 Å². The number of nitrogens with one attached hydrogen (secondary N) is 1. The normalized spacial score (nSPS) is 11.3. The molecule has 108 valence electrons. The molecule has 0 unspecified atom stereocenters. The maximum Gasteiger partial charge on any atom is 0.126 e. The summed E-state index contributed by atoms with van der Waals surface area (Å²) < 4.78 is 15.2. The Morgan fingerprint density at radius 1 is 1.35 bits per heavy atom. The van der Waals surface area contributed by atoms with Crippen molar-refractivity contribution in [1.29, 1.82) is 0 Å². The molecule has 3 nitrogen and oxygen atoms in total. The molecule has 0 spiro atoms. The maximum absolute atomic E-state index is 13.4. The maximum atomic E-state index is 13.4. The third kappa shape index (κ3) is 3.45. The number of hydrogen-bond donors (Lipinski definition) is 1. The largest absolute Gasteiger partial charge is 0.312 e. The summed E-state index contributed by atoms with van der Waals surface area (Å²) in [7, 11) is 1.91. The van der Waals surface area contributed by atoms with Gasteiger partial charge in [0.25, 0.3) is 0 Å². The standard InChI is InChI=1S/C16H22FN3/c1-11(2)8-18-9-14-10-20(4)19-16(14)13-5-6-15(17)12(3)7-13/h5-7,10-11,18H,8-9H2,1-4H3. The van der Waals surface area contributed by atoms with E-state index in [0.717, 1.165) is 29.9 Å². The topological polar surface area (TPSA) is 29.9 Å². The fourth-order valence-electron chi connectivity index (χ4n) is 2.20. The highest BCUT2D eigenvalue weighted by atomic mass is 19.1. The number of aromatic nitrogens is 2. The van der Waals surface area contributed by atoms with Gasteiger partial charge in [-0.15, -0.1) is 0 Å². The highest BCUT2D eigenvalue weighted by Gasteiger charge is 2.11. The van der Waals surface area contributed by atoms with E-state index in [1.165, 1.54) is 6.07 Å². The molecule has 4 heteroatoms. The van der Waals surface area contributed by atoms with Crippen LogP contribution >= 0.6 is 0 Å². The molecule has 1 aromatic carbocycles. The lowest BCUT2D eigenvalue weighted by Crippen LogP contribution is -2.19. The Labute approximate surface area is 119 Å². The van der Waals surface area contributed by atoms with Gasteiger partial charge in [0.2, 0.25) is 0 Å². The van der Waals surface area contributed by atoms with E-state index in [9.17, 15) is 4.39 Å². The first-order valence-corrected chi connectivity index (χ1v) is 6.97. The Hall–Kier alpha value is -1.68. The van der Waals surface area contributed by atoms with Crippen molar-refractivity contribution in [2.75, 3.05) is 6.54 Å². The minimum atomic E-state index is -0.177. The van der Waals surface area contributed by atoms with E-state index in [2.05, 4.69) is 24.3 Å². The molecule has 1 heterocycles. The van der Waals surface area contributed by atoms with Crippen LogP contribution in [0.4, 0.5) is 4.39 Å². The van der Waals surface area contributed by atoms with E-state index >= 15 is 0 Å². The molecule has 2 aromatic rings. The van der Waals surface area contributed by atoms with Crippen molar-refractivity contribution in [3.8, 4) is 11.3 Å². The molecule has 0 aliphatic carbocycles. The summed E-state index contributed by atoms with van der Waals surface area (Å²) in [6.07, 6.45) is 2.02. The minimum Gasteiger partial charge on any atom is -0.312 e. The Bertz CT molecular complexity index is 587. The number of aryl methyl sites for hydroxylation is 2. The molecule has 2 rings (SSSR count). The molecule has 0 atom stereocenters. The molecule has 0 saturated carbocycles. The van der Waals surface area contributed by atoms with Gasteiger partial charge < -0.3 is 5.32 Å². The van der Waals surface area contributed by atoms with Crippen LogP contribution in [-0.4, -0.2) is 16.3 Å². The quantitative estimate of drug-likeness (QED) is 0.907. The summed E-state index contributed by atoms with van der Waals surface area (Å²) in [5, 5.41) is 7.93. The van der Waals surface area contributed by atoms with Crippen LogP contribution < -0.4 is 5.32 Å². The summed E-state index contributed by atoms with van der Waals surface area (Å²) in [4.78, 5) is 0. The number of rotatable bonds is 5. The average molecular weight is 275 g/mol. The molecule has 1 aromatic heterocycles. The van der Waals surface area contributed by atoms with Gasteiger partial charge >= 0.3 is 0 Å². The number of nitrogens with zero attached hydrogens (tertiary/aromatic N) is 2. The predicted octanol–water partition coefficient (Wildman–Crippen LogP) is 3.28. The Kier molecular flexibility index (Phi) is 4.55. The monoisotopic (exact) mass is 275 g/mol. The molecule has 1 N–H and O–H groups in total. The molecule has 0 radical (unpaired) electrons. The van der Waals surface area contributed by atoms with Crippen molar-refractivity contribution in [3.05, 3.63) is 41.3 Å². The van der Waals surface area contributed by atoms with Gasteiger partial charge in [-0.1, -0.05) is 13.8 Å². The van der Waals surface area contributed by atoms with Crippen molar-refractivity contribution in [2.45, 2.75) is 27.3 Å². The van der Waals surface area contributed by atoms with Crippen LogP contribution in [0.3, 0.4) is 0 Å². The van der Waals surface area contributed by atoms with E-state index in [-0.39, 0.29) is 5.82 Å². The summed E-state index contributed by atoms with van der Waals surface area (Å²) in [6, 6.07) is 5.14. The van der Waals surface area contributed by atoms with Gasteiger partial charge in [0, 0.05) is 30.9 Å². The molecule has 0 bridgehead atoms. The van der Waals surface area contributed by atoms with Crippen LogP contribution in [0.2, 0.25) is 0 Å². The molecule has 0 aliphatic rings. The van der Waals surface area contributed by atoms with Gasteiger partial charge in [0.1, 0.15) is 5.82 Å². The van der Waals surface area contributed by atoms with Crippen LogP contribution in [0.1, 0.15) is 25.0 Å². The minimum absolute atomic E-state index is 0.177. The molecule has 0 amide bonds. The second-order valence-corrected chi connectivity index (χ2v) is 5.67. The fraction of sp³-hybridized carbons (Fsp3) is 0.438. The zero-order chi connectivity index (χ0) is 14.7. The van der Waals surface area contributed by atoms with E-state index < -0.39 is 0 Å². The zero-order valence-electron chi connectivity index (χ0n) is 12.6. The smallest absolute Gasteiger partial charge is 0.126 e. The van der Waals surface area contributed by atoms with Crippen molar-refractivity contribution < 1.29 is 4.39 Å². The first-order valence-electron chi connectivity index (χ1n) is 6.97. The molecular weight excluding hydrogens is 253 g/mol. The Morgan fingerprint density at radius 3 is 2.75 bits per heavy atom. The number of halogens is 1. The van der Waals surface area contributed by atoms with E-state index in [1.807, 2.05) is 19.3 Å². The fourth-order valence-corrected chi connectivity index (χ4v) is 2.20. The summed E-state index contributed by atoms with van der Waals surface area (Å²) >= 11 is 0. The van der Waals surface area contributed by atoms with Crippen LogP contribution in [-0.2, 0) is 13.6 Å². The van der Waals surface area contributed by atoms with Crippen molar-refractivity contribution in [3.63, 3.8) is 0 Å². The third-order valence-electron chi connectivity index (χ3n) is 3.20. The Morgan fingerprint density at radius 2 is 2.10 bits per heavy atom. The van der Waals surface area contributed by atoms with Crippen molar-refractivity contribution in [2.24, 2.45) is 13.0 Å². The zero-order valence-corrected chi connectivity index (χ0v) is 12.6. The summed E-state index contributed by atoms with van der Waals surface area (Å²) in [5.74, 6) is 0.437. The summed E-state index contributed by atoms with van der Waals surface area (Å²) in [6.45, 7) is 7.88. The highest BCUT2D eigenvalue weighted by Crippen LogP contribution is 2.24. The highest BCUT2D eigenvalue weighted by molar-refractivity contribution is 5.63. The van der Waals surface area contributed by atoms with Crippen molar-refractivity contribution >= 4 is 0 Å². The van der Waals surface area contributed by atoms with Gasteiger partial charge in [0.05, 0.1) is 5.69 Å². The summed E-state index contributed by atoms with van der Waals surface area (Å²) in [5.41, 5.74) is 3.67. The molecule has 0 fully saturated rings. The van der Waals surface area contributed by atoms with Gasteiger partial charge in [-0.05, 0) is 43.1 Å². The molecule has 0 saturated heterocycles. The van der Waals surface area contributed by atoms with Gasteiger partial charge in [-0.3, -0.25) is 4.68 Å². The van der Waals surface area contributed by atoms with Crippen molar-refractivity contribution in [1.82, 2.24) is 15.1 Å². The first kappa shape index (κ1) is 14.7. The van der Waals surface area contributed by atoms with E-state index in [1.54, 1.807) is 17.7 Å². The van der Waals surface area contributed by atoms with Crippen LogP contribution in [0.25, 0.3) is 11.3 Å². The number of hydrogen-bond acceptors (Lipinski definition) is 2. The van der Waals surface area contributed by atoms with Gasteiger partial charge in [-0.25, -0.2) is 4.39 Å². The predicted molar refractivity (Wildman–Crippen MR) is 79.9 cm³/mol. The van der Waals surface area contributed by atoms with Crippen LogP contribution in [0.5, 0.6) is 0 Å². The molecule has 0 aliphatic heterocycles. The molecular formula is C16H22FN3. The lowest BCUT2D eigenvalue weighted by molar-refractivity contribution is 0.552. The van der Waals surface area contributed by atoms with E-state index in [4.69, 9.17) is 0 Å². The lowest BCUT2D eigenvalue weighted by atomic mass is 10.1. The average Bonchev–Trinajstić information content (AvgIpc) is 2.73. The Balaban J connectivity index is 2.24. The van der Waals surface area contributed by atoms with Crippen LogP contribution in [0, 0.1) is 18.7 Å². The van der Waals surface area contributed by atoms with Gasteiger partial charge in [-0.2, -0.15) is 5.10 Å². The lowest BCUT2D eigenvalue weighted by Gasteiger charge is -2.08. The second kappa shape index (κ2) is 6.18. The van der Waals surface area contributed by atoms with Crippen LogP contribution in [0.15, 0.2) is 24.4 Å². The third-order valence-corrected chi connectivity index (χ3v) is 3.20. The van der Waals surface area contributed by atoms with Gasteiger partial charge in [0.15, 0.2) is 0 Å². The second-order valence-electron chi connectivity index (χ2n) is 5.67. The molecule has 20 heavy (non-hydrogen) atoms.